The van der Waals surface area contributed by atoms with Crippen LogP contribution in [0.4, 0.5) is 0 Å². The highest BCUT2D eigenvalue weighted by atomic mass is 16.7. The summed E-state index contributed by atoms with van der Waals surface area (Å²) in [5, 5.41) is 1.65. The number of hydrogen-bond donors (Lipinski definition) is 0. The fourth-order valence-electron chi connectivity index (χ4n) is 1.83. The van der Waals surface area contributed by atoms with E-state index in [2.05, 4.69) is 0 Å². The largest absolute Gasteiger partial charge is 0.367 e. The molecule has 0 aromatic heterocycles. The summed E-state index contributed by atoms with van der Waals surface area (Å²) in [4.78, 5) is 28.7. The molecule has 1 rings (SSSR count). The first-order valence-corrected chi connectivity index (χ1v) is 6.34. The highest BCUT2D eigenvalue weighted by Crippen LogP contribution is 2.22. The van der Waals surface area contributed by atoms with E-state index in [-0.39, 0.29) is 17.7 Å². The first-order chi connectivity index (χ1) is 7.84. The minimum atomic E-state index is -0.498. The molecule has 1 heterocycles. The lowest BCUT2D eigenvalue weighted by Gasteiger charge is -2.32. The maximum absolute atomic E-state index is 11.7. The maximum atomic E-state index is 11.7. The minimum Gasteiger partial charge on any atom is -0.367 e. The molecule has 98 valence electrons. The van der Waals surface area contributed by atoms with Crippen LogP contribution < -0.4 is 0 Å². The molecule has 0 N–H and O–H groups in total. The van der Waals surface area contributed by atoms with Crippen molar-refractivity contribution in [1.29, 1.82) is 0 Å². The van der Waals surface area contributed by atoms with Crippen molar-refractivity contribution in [2.24, 2.45) is 11.3 Å². The van der Waals surface area contributed by atoms with E-state index in [1.807, 2.05) is 27.7 Å². The van der Waals surface area contributed by atoms with Crippen LogP contribution in [-0.4, -0.2) is 29.9 Å². The molecular weight excluding hydrogens is 218 g/mol. The standard InChI is InChI=1S/C13H23NO3/c1-5-11(15)10-7-6-8-14(9-10)17-12(16)13(2,3)4/h10H,5-9H2,1-4H3. The van der Waals surface area contributed by atoms with Crippen LogP contribution >= 0.6 is 0 Å². The van der Waals surface area contributed by atoms with E-state index in [0.717, 1.165) is 19.4 Å². The molecule has 1 aliphatic rings. The van der Waals surface area contributed by atoms with Crippen LogP contribution in [-0.2, 0) is 14.4 Å². The third-order valence-corrected chi connectivity index (χ3v) is 3.01. The quantitative estimate of drug-likeness (QED) is 0.760. The Balaban J connectivity index is 2.50. The van der Waals surface area contributed by atoms with Gasteiger partial charge in [0.15, 0.2) is 0 Å². The van der Waals surface area contributed by atoms with Gasteiger partial charge in [0.25, 0.3) is 0 Å². The number of Topliss-reactive ketones (excluding diaryl/α,β-unsaturated/α-hetero) is 1. The molecule has 17 heavy (non-hydrogen) atoms. The van der Waals surface area contributed by atoms with Crippen LogP contribution in [0.5, 0.6) is 0 Å². The van der Waals surface area contributed by atoms with Gasteiger partial charge in [0.2, 0.25) is 0 Å². The van der Waals surface area contributed by atoms with E-state index in [0.29, 0.717) is 13.0 Å². The molecule has 0 aromatic carbocycles. The molecule has 0 spiro atoms. The summed E-state index contributed by atoms with van der Waals surface area (Å²) in [6.45, 7) is 8.64. The van der Waals surface area contributed by atoms with Gasteiger partial charge in [-0.1, -0.05) is 6.92 Å². The van der Waals surface area contributed by atoms with Crippen molar-refractivity contribution in [3.05, 3.63) is 0 Å². The lowest BCUT2D eigenvalue weighted by Crippen LogP contribution is -2.42. The molecule has 4 heteroatoms. The molecule has 1 unspecified atom stereocenters. The second kappa shape index (κ2) is 5.63. The zero-order valence-corrected chi connectivity index (χ0v) is 11.3. The summed E-state index contributed by atoms with van der Waals surface area (Å²) in [6.07, 6.45) is 2.38. The molecule has 1 atom stereocenters. The summed E-state index contributed by atoms with van der Waals surface area (Å²) in [7, 11) is 0. The van der Waals surface area contributed by atoms with Crippen LogP contribution in [0.2, 0.25) is 0 Å². The van der Waals surface area contributed by atoms with Crippen molar-refractivity contribution in [2.45, 2.75) is 47.0 Å². The number of nitrogens with zero attached hydrogens (tertiary/aromatic N) is 1. The molecule has 0 saturated carbocycles. The van der Waals surface area contributed by atoms with Gasteiger partial charge in [-0.3, -0.25) is 4.79 Å². The minimum absolute atomic E-state index is 0.0292. The summed E-state index contributed by atoms with van der Waals surface area (Å²) >= 11 is 0. The zero-order chi connectivity index (χ0) is 13.1. The van der Waals surface area contributed by atoms with E-state index in [1.165, 1.54) is 0 Å². The van der Waals surface area contributed by atoms with E-state index < -0.39 is 5.41 Å². The highest BCUT2D eigenvalue weighted by Gasteiger charge is 2.30. The second-order valence-corrected chi connectivity index (χ2v) is 5.68. The SMILES string of the molecule is CCC(=O)C1CCCN(OC(=O)C(C)(C)C)C1. The lowest BCUT2D eigenvalue weighted by molar-refractivity contribution is -0.207. The average molecular weight is 241 g/mol. The Morgan fingerprint density at radius 1 is 1.35 bits per heavy atom. The number of ketones is 1. The van der Waals surface area contributed by atoms with Crippen molar-refractivity contribution in [2.75, 3.05) is 13.1 Å². The molecule has 4 nitrogen and oxygen atoms in total. The Morgan fingerprint density at radius 3 is 2.53 bits per heavy atom. The number of hydroxylamine groups is 2. The predicted octanol–water partition coefficient (Wildman–Crippen LogP) is 2.18. The van der Waals surface area contributed by atoms with Crippen molar-refractivity contribution in [1.82, 2.24) is 5.06 Å². The van der Waals surface area contributed by atoms with Gasteiger partial charge in [-0.25, -0.2) is 4.79 Å². The number of rotatable bonds is 3. The van der Waals surface area contributed by atoms with E-state index in [9.17, 15) is 9.59 Å². The summed E-state index contributed by atoms with van der Waals surface area (Å²) in [5.41, 5.74) is -0.498. The number of carbonyl (C=O) groups excluding carboxylic acids is 2. The Hall–Kier alpha value is -0.900. The van der Waals surface area contributed by atoms with Crippen molar-refractivity contribution < 1.29 is 14.4 Å². The van der Waals surface area contributed by atoms with E-state index in [1.54, 1.807) is 5.06 Å². The second-order valence-electron chi connectivity index (χ2n) is 5.68. The lowest BCUT2D eigenvalue weighted by atomic mass is 9.93. The van der Waals surface area contributed by atoms with Gasteiger partial charge in [0, 0.05) is 25.4 Å². The Labute approximate surface area is 103 Å². The smallest absolute Gasteiger partial charge is 0.330 e. The summed E-state index contributed by atoms with van der Waals surface area (Å²) in [5.74, 6) is 0.0603. The topological polar surface area (TPSA) is 46.6 Å². The fraction of sp³-hybridized carbons (Fsp3) is 0.846. The molecular formula is C13H23NO3. The Bertz CT molecular complexity index is 294. The molecule has 1 aliphatic heterocycles. The van der Waals surface area contributed by atoms with Crippen LogP contribution in [0.25, 0.3) is 0 Å². The number of piperidine rings is 1. The van der Waals surface area contributed by atoms with Gasteiger partial charge in [-0.15, -0.1) is 5.06 Å². The van der Waals surface area contributed by atoms with Crippen LogP contribution in [0.1, 0.15) is 47.0 Å². The fourth-order valence-corrected chi connectivity index (χ4v) is 1.83. The monoisotopic (exact) mass is 241 g/mol. The van der Waals surface area contributed by atoms with Crippen molar-refractivity contribution in [3.8, 4) is 0 Å². The summed E-state index contributed by atoms with van der Waals surface area (Å²) in [6, 6.07) is 0. The first-order valence-electron chi connectivity index (χ1n) is 6.34. The van der Waals surface area contributed by atoms with Gasteiger partial charge in [0.05, 0.1) is 5.41 Å². The highest BCUT2D eigenvalue weighted by molar-refractivity contribution is 5.81. The summed E-state index contributed by atoms with van der Waals surface area (Å²) < 4.78 is 0. The molecule has 0 aromatic rings. The van der Waals surface area contributed by atoms with Crippen LogP contribution in [0.15, 0.2) is 0 Å². The van der Waals surface area contributed by atoms with Crippen LogP contribution in [0.3, 0.4) is 0 Å². The van der Waals surface area contributed by atoms with Gasteiger partial charge in [0.1, 0.15) is 5.78 Å². The third-order valence-electron chi connectivity index (χ3n) is 3.01. The van der Waals surface area contributed by atoms with Gasteiger partial charge >= 0.3 is 5.97 Å². The molecule has 0 bridgehead atoms. The van der Waals surface area contributed by atoms with Gasteiger partial charge in [-0.05, 0) is 33.6 Å². The molecule has 1 fully saturated rings. The normalized spacial score (nSPS) is 22.2. The Kier molecular flexibility index (Phi) is 4.69. The predicted molar refractivity (Wildman–Crippen MR) is 65.1 cm³/mol. The maximum Gasteiger partial charge on any atom is 0.330 e. The van der Waals surface area contributed by atoms with Crippen molar-refractivity contribution in [3.63, 3.8) is 0 Å². The third kappa shape index (κ3) is 4.11. The van der Waals surface area contributed by atoms with E-state index >= 15 is 0 Å². The number of carbonyl (C=O) groups is 2. The average Bonchev–Trinajstić information content (AvgIpc) is 2.27. The van der Waals surface area contributed by atoms with Gasteiger partial charge in [-0.2, -0.15) is 0 Å². The molecule has 0 amide bonds. The Morgan fingerprint density at radius 2 is 2.00 bits per heavy atom. The zero-order valence-electron chi connectivity index (χ0n) is 11.3. The molecule has 0 aliphatic carbocycles. The van der Waals surface area contributed by atoms with E-state index in [4.69, 9.17) is 4.84 Å². The van der Waals surface area contributed by atoms with Gasteiger partial charge < -0.3 is 4.84 Å². The first kappa shape index (κ1) is 14.2. The number of hydrogen-bond acceptors (Lipinski definition) is 4. The molecule has 0 radical (unpaired) electrons. The molecule has 1 saturated heterocycles. The van der Waals surface area contributed by atoms with Crippen LogP contribution in [0, 0.1) is 11.3 Å². The van der Waals surface area contributed by atoms with Crippen molar-refractivity contribution >= 4 is 11.8 Å².